The highest BCUT2D eigenvalue weighted by Crippen LogP contribution is 2.41. The van der Waals surface area contributed by atoms with Gasteiger partial charge in [0.05, 0.1) is 11.5 Å². The standard InChI is InChI=1S/C14H17BrN2O/c15-12-4-2-11(3-5-12)14(6-1-7-14)17-13(18)10-8-16-9-10/h2-5,10,16H,1,6-9H2,(H,17,18). The molecule has 0 radical (unpaired) electrons. The van der Waals surface area contributed by atoms with Gasteiger partial charge in [-0.2, -0.15) is 0 Å². The molecule has 1 aliphatic carbocycles. The smallest absolute Gasteiger partial charge is 0.226 e. The second-order valence-corrected chi connectivity index (χ2v) is 6.20. The van der Waals surface area contributed by atoms with Gasteiger partial charge in [-0.05, 0) is 37.0 Å². The first-order valence-corrected chi connectivity index (χ1v) is 7.28. The van der Waals surface area contributed by atoms with Crippen LogP contribution in [0.1, 0.15) is 24.8 Å². The molecule has 1 aliphatic heterocycles. The van der Waals surface area contributed by atoms with E-state index in [0.29, 0.717) is 0 Å². The molecule has 0 spiro atoms. The minimum Gasteiger partial charge on any atom is -0.346 e. The van der Waals surface area contributed by atoms with E-state index in [-0.39, 0.29) is 17.4 Å². The quantitative estimate of drug-likeness (QED) is 0.898. The first-order chi connectivity index (χ1) is 8.70. The van der Waals surface area contributed by atoms with Crippen molar-refractivity contribution in [3.63, 3.8) is 0 Å². The summed E-state index contributed by atoms with van der Waals surface area (Å²) in [6.07, 6.45) is 3.31. The van der Waals surface area contributed by atoms with Gasteiger partial charge in [-0.1, -0.05) is 28.1 Å². The molecule has 0 aromatic heterocycles. The Labute approximate surface area is 115 Å². The number of nitrogens with one attached hydrogen (secondary N) is 2. The van der Waals surface area contributed by atoms with E-state index >= 15 is 0 Å². The topological polar surface area (TPSA) is 41.1 Å². The van der Waals surface area contributed by atoms with Crippen LogP contribution in [-0.4, -0.2) is 19.0 Å². The molecule has 3 rings (SSSR count). The summed E-state index contributed by atoms with van der Waals surface area (Å²) < 4.78 is 1.08. The zero-order valence-electron chi connectivity index (χ0n) is 10.2. The maximum absolute atomic E-state index is 12.1. The van der Waals surface area contributed by atoms with E-state index in [4.69, 9.17) is 0 Å². The molecule has 1 saturated heterocycles. The number of carbonyl (C=O) groups is 1. The minimum absolute atomic E-state index is 0.104. The van der Waals surface area contributed by atoms with Gasteiger partial charge in [0.2, 0.25) is 5.91 Å². The molecule has 1 amide bonds. The second kappa shape index (κ2) is 4.67. The molecule has 0 atom stereocenters. The Balaban J connectivity index is 1.77. The maximum Gasteiger partial charge on any atom is 0.226 e. The molecular weight excluding hydrogens is 292 g/mol. The van der Waals surface area contributed by atoms with E-state index < -0.39 is 0 Å². The molecule has 96 valence electrons. The van der Waals surface area contributed by atoms with Crippen molar-refractivity contribution in [1.29, 1.82) is 0 Å². The summed E-state index contributed by atoms with van der Waals surface area (Å²) in [4.78, 5) is 12.1. The Morgan fingerprint density at radius 3 is 2.39 bits per heavy atom. The monoisotopic (exact) mass is 308 g/mol. The number of halogens is 1. The normalized spacial score (nSPS) is 21.8. The summed E-state index contributed by atoms with van der Waals surface area (Å²) in [5.41, 5.74) is 1.13. The van der Waals surface area contributed by atoms with E-state index in [1.165, 1.54) is 12.0 Å². The summed E-state index contributed by atoms with van der Waals surface area (Å²) in [7, 11) is 0. The lowest BCUT2D eigenvalue weighted by molar-refractivity contribution is -0.129. The van der Waals surface area contributed by atoms with E-state index in [2.05, 4.69) is 38.7 Å². The van der Waals surface area contributed by atoms with Crippen LogP contribution < -0.4 is 10.6 Å². The zero-order chi connectivity index (χ0) is 12.6. The van der Waals surface area contributed by atoms with Gasteiger partial charge in [0.25, 0.3) is 0 Å². The van der Waals surface area contributed by atoms with Crippen LogP contribution >= 0.6 is 15.9 Å². The van der Waals surface area contributed by atoms with Crippen LogP contribution in [0.5, 0.6) is 0 Å². The Kier molecular flexibility index (Phi) is 3.16. The van der Waals surface area contributed by atoms with Crippen molar-refractivity contribution in [2.24, 2.45) is 5.92 Å². The van der Waals surface area contributed by atoms with Crippen molar-refractivity contribution >= 4 is 21.8 Å². The van der Waals surface area contributed by atoms with Crippen molar-refractivity contribution in [1.82, 2.24) is 10.6 Å². The molecule has 1 aromatic rings. The SMILES string of the molecule is O=C(NC1(c2ccc(Br)cc2)CCC1)C1CNC1. The molecule has 3 nitrogen and oxygen atoms in total. The van der Waals surface area contributed by atoms with Crippen LogP contribution in [0.25, 0.3) is 0 Å². The molecular formula is C14H17BrN2O. The summed E-state index contributed by atoms with van der Waals surface area (Å²) in [5.74, 6) is 0.370. The fourth-order valence-corrected chi connectivity index (χ4v) is 2.86. The molecule has 0 unspecified atom stereocenters. The predicted molar refractivity (Wildman–Crippen MR) is 74.2 cm³/mol. The van der Waals surface area contributed by atoms with Crippen LogP contribution in [0.3, 0.4) is 0 Å². The van der Waals surface area contributed by atoms with Crippen LogP contribution in [0, 0.1) is 5.92 Å². The fourth-order valence-electron chi connectivity index (χ4n) is 2.60. The summed E-state index contributed by atoms with van der Waals surface area (Å²) in [6.45, 7) is 1.64. The Bertz CT molecular complexity index is 449. The summed E-state index contributed by atoms with van der Waals surface area (Å²) in [5, 5.41) is 6.42. The van der Waals surface area contributed by atoms with Crippen molar-refractivity contribution in [2.45, 2.75) is 24.8 Å². The van der Waals surface area contributed by atoms with Crippen molar-refractivity contribution < 1.29 is 4.79 Å². The van der Waals surface area contributed by atoms with Gasteiger partial charge < -0.3 is 10.6 Å². The molecule has 1 saturated carbocycles. The van der Waals surface area contributed by atoms with E-state index in [1.54, 1.807) is 0 Å². The van der Waals surface area contributed by atoms with Gasteiger partial charge in [-0.25, -0.2) is 0 Å². The summed E-state index contributed by atoms with van der Waals surface area (Å²) >= 11 is 3.45. The molecule has 1 aromatic carbocycles. The second-order valence-electron chi connectivity index (χ2n) is 5.29. The number of hydrogen-bond acceptors (Lipinski definition) is 2. The van der Waals surface area contributed by atoms with Crippen molar-refractivity contribution in [2.75, 3.05) is 13.1 Å². The van der Waals surface area contributed by atoms with Crippen LogP contribution in [0.4, 0.5) is 0 Å². The van der Waals surface area contributed by atoms with Crippen molar-refractivity contribution in [3.8, 4) is 0 Å². The molecule has 1 heterocycles. The maximum atomic E-state index is 12.1. The number of amides is 1. The minimum atomic E-state index is -0.104. The zero-order valence-corrected chi connectivity index (χ0v) is 11.8. The Morgan fingerprint density at radius 1 is 1.28 bits per heavy atom. The lowest BCUT2D eigenvalue weighted by Gasteiger charge is -2.44. The highest BCUT2D eigenvalue weighted by Gasteiger charge is 2.41. The van der Waals surface area contributed by atoms with Gasteiger partial charge in [-0.3, -0.25) is 4.79 Å². The largest absolute Gasteiger partial charge is 0.346 e. The van der Waals surface area contributed by atoms with E-state index in [1.807, 2.05) is 12.1 Å². The first-order valence-electron chi connectivity index (χ1n) is 6.48. The third-order valence-corrected chi connectivity index (χ3v) is 4.65. The highest BCUT2D eigenvalue weighted by atomic mass is 79.9. The van der Waals surface area contributed by atoms with Gasteiger partial charge in [0.1, 0.15) is 0 Å². The van der Waals surface area contributed by atoms with Crippen LogP contribution in [0.15, 0.2) is 28.7 Å². The van der Waals surface area contributed by atoms with Gasteiger partial charge in [-0.15, -0.1) is 0 Å². The first kappa shape index (κ1) is 12.2. The molecule has 2 N–H and O–H groups in total. The van der Waals surface area contributed by atoms with E-state index in [0.717, 1.165) is 30.4 Å². The molecule has 2 aliphatic rings. The molecule has 0 bridgehead atoms. The predicted octanol–water partition coefficient (Wildman–Crippen LogP) is 2.16. The Morgan fingerprint density at radius 2 is 1.94 bits per heavy atom. The third-order valence-electron chi connectivity index (χ3n) is 4.12. The lowest BCUT2D eigenvalue weighted by atomic mass is 9.71. The van der Waals surface area contributed by atoms with E-state index in [9.17, 15) is 4.79 Å². The fraction of sp³-hybridized carbons (Fsp3) is 0.500. The van der Waals surface area contributed by atoms with Crippen LogP contribution in [0.2, 0.25) is 0 Å². The van der Waals surface area contributed by atoms with Crippen LogP contribution in [-0.2, 0) is 10.3 Å². The number of rotatable bonds is 3. The molecule has 18 heavy (non-hydrogen) atoms. The Hall–Kier alpha value is -0.870. The summed E-state index contributed by atoms with van der Waals surface area (Å²) in [6, 6.07) is 8.32. The average molecular weight is 309 g/mol. The van der Waals surface area contributed by atoms with Gasteiger partial charge in [0, 0.05) is 17.6 Å². The number of hydrogen-bond donors (Lipinski definition) is 2. The molecule has 4 heteroatoms. The average Bonchev–Trinajstić information content (AvgIpc) is 2.22. The highest BCUT2D eigenvalue weighted by molar-refractivity contribution is 9.10. The number of benzene rings is 1. The third kappa shape index (κ3) is 2.08. The van der Waals surface area contributed by atoms with Gasteiger partial charge >= 0.3 is 0 Å². The molecule has 2 fully saturated rings. The number of carbonyl (C=O) groups excluding carboxylic acids is 1. The lowest BCUT2D eigenvalue weighted by Crippen LogP contribution is -2.58. The van der Waals surface area contributed by atoms with Crippen molar-refractivity contribution in [3.05, 3.63) is 34.3 Å². The van der Waals surface area contributed by atoms with Gasteiger partial charge in [0.15, 0.2) is 0 Å².